The van der Waals surface area contributed by atoms with E-state index in [1.54, 1.807) is 23.6 Å². The summed E-state index contributed by atoms with van der Waals surface area (Å²) in [6.45, 7) is 1.24. The summed E-state index contributed by atoms with van der Waals surface area (Å²) in [6, 6.07) is 7.58. The molecule has 1 amide bonds. The van der Waals surface area contributed by atoms with Crippen LogP contribution in [0.1, 0.15) is 18.4 Å². The van der Waals surface area contributed by atoms with Gasteiger partial charge in [0.25, 0.3) is 5.56 Å². The molecule has 32 heavy (non-hydrogen) atoms. The van der Waals surface area contributed by atoms with Gasteiger partial charge in [0, 0.05) is 23.4 Å². The third-order valence-corrected chi connectivity index (χ3v) is 5.70. The second kappa shape index (κ2) is 8.78. The van der Waals surface area contributed by atoms with Crippen molar-refractivity contribution in [3.05, 3.63) is 80.3 Å². The summed E-state index contributed by atoms with van der Waals surface area (Å²) in [5.74, 6) is -2.07. The Labute approximate surface area is 193 Å². The average molecular weight is 493 g/mol. The van der Waals surface area contributed by atoms with Crippen molar-refractivity contribution in [2.75, 3.05) is 4.90 Å². The number of anilines is 2. The van der Waals surface area contributed by atoms with Gasteiger partial charge in [0.15, 0.2) is 11.0 Å². The van der Waals surface area contributed by atoms with Crippen molar-refractivity contribution in [3.63, 3.8) is 0 Å². The van der Waals surface area contributed by atoms with Gasteiger partial charge in [-0.2, -0.15) is 0 Å². The zero-order chi connectivity index (χ0) is 23.0. The minimum absolute atomic E-state index is 0.0863. The van der Waals surface area contributed by atoms with Crippen molar-refractivity contribution in [2.24, 2.45) is 0 Å². The molecular weight excluding hydrogens is 481 g/mol. The average Bonchev–Trinajstić information content (AvgIpc) is 3.17. The molecule has 0 atom stereocenters. The number of carbonyl (C=O) groups is 1. The maximum atomic E-state index is 14.2. The first-order chi connectivity index (χ1) is 15.2. The molecule has 6 nitrogen and oxygen atoms in total. The predicted molar refractivity (Wildman–Crippen MR) is 122 cm³/mol. The topological polar surface area (TPSA) is 79.0 Å². The number of benzene rings is 2. The van der Waals surface area contributed by atoms with Gasteiger partial charge in [0.1, 0.15) is 11.6 Å². The van der Waals surface area contributed by atoms with Crippen LogP contribution in [0.25, 0.3) is 22.0 Å². The Bertz CT molecular complexity index is 1450. The molecule has 0 saturated carbocycles. The molecule has 0 aliphatic rings. The first-order valence-corrected chi connectivity index (χ1v) is 10.6. The fraction of sp³-hybridized carbons (Fsp3) is 0.0476. The molecule has 0 aliphatic heterocycles. The van der Waals surface area contributed by atoms with Crippen LogP contribution in [0.4, 0.5) is 19.6 Å². The van der Waals surface area contributed by atoms with Crippen LogP contribution in [0.15, 0.2) is 46.6 Å². The molecule has 2 aromatic heterocycles. The molecule has 4 rings (SSSR count). The van der Waals surface area contributed by atoms with E-state index in [0.29, 0.717) is 27.7 Å². The summed E-state index contributed by atoms with van der Waals surface area (Å²) >= 11 is 13.4. The van der Waals surface area contributed by atoms with Gasteiger partial charge in [0.05, 0.1) is 27.3 Å². The third kappa shape index (κ3) is 4.40. The van der Waals surface area contributed by atoms with Gasteiger partial charge in [0.2, 0.25) is 5.91 Å². The van der Waals surface area contributed by atoms with Crippen molar-refractivity contribution in [1.82, 2.24) is 15.0 Å². The Kier molecular flexibility index (Phi) is 6.05. The van der Waals surface area contributed by atoms with Crippen LogP contribution in [0.5, 0.6) is 0 Å². The standard InChI is InChI=1S/C21H12Cl2F2N4O2S/c1-10(30)29(18-5-3-12(24)7-16(18)25)21-26-13(9-32-21)8-15(23)19-27-17-6-11(22)2-4-14(17)20(31)28-19/h2-9H,1H3,(H,27,28,31)/b15-8-. The number of halogens is 4. The molecule has 1 N–H and O–H groups in total. The van der Waals surface area contributed by atoms with Crippen LogP contribution in [-0.2, 0) is 4.79 Å². The Hall–Kier alpha value is -3.14. The maximum absolute atomic E-state index is 14.2. The lowest BCUT2D eigenvalue weighted by molar-refractivity contribution is -0.115. The SMILES string of the molecule is CC(=O)N(c1nc(/C=C(\Cl)c2nc3cc(Cl)ccc3c(=O)[nH]2)cs1)c1ccc(F)cc1F. The first kappa shape index (κ1) is 22.1. The molecule has 0 unspecified atom stereocenters. The number of rotatable bonds is 4. The van der Waals surface area contributed by atoms with Crippen molar-refractivity contribution in [2.45, 2.75) is 6.92 Å². The number of hydrogen-bond donors (Lipinski definition) is 1. The number of nitrogens with zero attached hydrogens (tertiary/aromatic N) is 3. The minimum Gasteiger partial charge on any atom is -0.305 e. The lowest BCUT2D eigenvalue weighted by Crippen LogP contribution is -2.23. The van der Waals surface area contributed by atoms with Crippen molar-refractivity contribution in [3.8, 4) is 0 Å². The summed E-state index contributed by atoms with van der Waals surface area (Å²) in [4.78, 5) is 36.7. The quantitative estimate of drug-likeness (QED) is 0.394. The summed E-state index contributed by atoms with van der Waals surface area (Å²) < 4.78 is 27.5. The van der Waals surface area contributed by atoms with Crippen LogP contribution >= 0.6 is 34.5 Å². The van der Waals surface area contributed by atoms with E-state index in [1.807, 2.05) is 0 Å². The molecule has 11 heteroatoms. The van der Waals surface area contributed by atoms with E-state index in [-0.39, 0.29) is 27.2 Å². The van der Waals surface area contributed by atoms with Crippen LogP contribution in [0.2, 0.25) is 5.02 Å². The molecule has 0 spiro atoms. The Morgan fingerprint density at radius 2 is 1.97 bits per heavy atom. The van der Waals surface area contributed by atoms with E-state index in [1.165, 1.54) is 13.0 Å². The predicted octanol–water partition coefficient (Wildman–Crippen LogP) is 5.73. The van der Waals surface area contributed by atoms with Gasteiger partial charge >= 0.3 is 0 Å². The van der Waals surface area contributed by atoms with E-state index < -0.39 is 17.5 Å². The highest BCUT2D eigenvalue weighted by atomic mass is 35.5. The number of fused-ring (bicyclic) bond motifs is 1. The molecule has 2 heterocycles. The second-order valence-corrected chi connectivity index (χ2v) is 8.25. The van der Waals surface area contributed by atoms with Gasteiger partial charge < -0.3 is 4.98 Å². The normalized spacial score (nSPS) is 11.7. The van der Waals surface area contributed by atoms with E-state index >= 15 is 0 Å². The lowest BCUT2D eigenvalue weighted by atomic mass is 10.2. The number of amides is 1. The molecule has 0 fully saturated rings. The summed E-state index contributed by atoms with van der Waals surface area (Å²) in [6.07, 6.45) is 1.44. The molecule has 0 aliphatic carbocycles. The number of nitrogens with one attached hydrogen (secondary N) is 1. The molecule has 2 aromatic carbocycles. The van der Waals surface area contributed by atoms with Crippen molar-refractivity contribution >= 4 is 73.3 Å². The molecule has 162 valence electrons. The van der Waals surface area contributed by atoms with Gasteiger partial charge in [-0.05, 0) is 36.4 Å². The number of aromatic amines is 1. The number of carbonyl (C=O) groups excluding carboxylic acids is 1. The van der Waals surface area contributed by atoms with Gasteiger partial charge in [-0.3, -0.25) is 14.5 Å². The van der Waals surface area contributed by atoms with Gasteiger partial charge in [-0.15, -0.1) is 11.3 Å². The molecule has 0 saturated heterocycles. The van der Waals surface area contributed by atoms with Crippen LogP contribution in [0, 0.1) is 11.6 Å². The zero-order valence-electron chi connectivity index (χ0n) is 16.2. The summed E-state index contributed by atoms with van der Waals surface area (Å²) in [7, 11) is 0. The highest BCUT2D eigenvalue weighted by molar-refractivity contribution is 7.14. The van der Waals surface area contributed by atoms with E-state index in [4.69, 9.17) is 23.2 Å². The summed E-state index contributed by atoms with van der Waals surface area (Å²) in [5, 5.41) is 2.61. The van der Waals surface area contributed by atoms with Crippen molar-refractivity contribution < 1.29 is 13.6 Å². The highest BCUT2D eigenvalue weighted by Gasteiger charge is 2.21. The molecule has 0 radical (unpaired) electrons. The fourth-order valence-corrected chi connectivity index (χ4v) is 4.14. The molecular formula is C21H12Cl2F2N4O2S. The zero-order valence-corrected chi connectivity index (χ0v) is 18.5. The fourth-order valence-electron chi connectivity index (χ4n) is 2.94. The van der Waals surface area contributed by atoms with Crippen LogP contribution in [0.3, 0.4) is 0 Å². The monoisotopic (exact) mass is 492 g/mol. The van der Waals surface area contributed by atoms with E-state index in [0.717, 1.165) is 28.4 Å². The highest BCUT2D eigenvalue weighted by Crippen LogP contribution is 2.32. The number of hydrogen-bond acceptors (Lipinski definition) is 5. The third-order valence-electron chi connectivity index (χ3n) is 4.34. The summed E-state index contributed by atoms with van der Waals surface area (Å²) in [5.41, 5.74) is 0.197. The smallest absolute Gasteiger partial charge is 0.259 e. The Morgan fingerprint density at radius 1 is 1.19 bits per heavy atom. The molecule has 0 bridgehead atoms. The van der Waals surface area contributed by atoms with Gasteiger partial charge in [-0.1, -0.05) is 23.2 Å². The second-order valence-electron chi connectivity index (χ2n) is 6.57. The van der Waals surface area contributed by atoms with E-state index in [9.17, 15) is 18.4 Å². The number of aromatic nitrogens is 3. The Balaban J connectivity index is 1.70. The van der Waals surface area contributed by atoms with Crippen molar-refractivity contribution in [1.29, 1.82) is 0 Å². The van der Waals surface area contributed by atoms with Crippen LogP contribution < -0.4 is 10.5 Å². The largest absolute Gasteiger partial charge is 0.305 e. The maximum Gasteiger partial charge on any atom is 0.259 e. The lowest BCUT2D eigenvalue weighted by Gasteiger charge is -2.18. The molecule has 4 aromatic rings. The van der Waals surface area contributed by atoms with E-state index in [2.05, 4.69) is 15.0 Å². The first-order valence-electron chi connectivity index (χ1n) is 9.01. The Morgan fingerprint density at radius 3 is 2.69 bits per heavy atom. The van der Waals surface area contributed by atoms with Crippen LogP contribution in [-0.4, -0.2) is 20.9 Å². The van der Waals surface area contributed by atoms with Gasteiger partial charge in [-0.25, -0.2) is 18.7 Å². The number of thiazole rings is 1. The minimum atomic E-state index is -0.901. The number of H-pyrrole nitrogens is 1.